The van der Waals surface area contributed by atoms with Crippen molar-refractivity contribution in [2.75, 3.05) is 6.54 Å². The molecule has 0 bridgehead atoms. The second kappa shape index (κ2) is 11.0. The van der Waals surface area contributed by atoms with E-state index < -0.39 is 11.8 Å². The third kappa shape index (κ3) is 6.07. The number of halogens is 2. The highest BCUT2D eigenvalue weighted by atomic mass is 35.5. The average molecular weight is 445 g/mol. The number of carbonyl (C=O) groups is 3. The Morgan fingerprint density at radius 2 is 1.94 bits per heavy atom. The molecule has 2 rings (SSSR count). The summed E-state index contributed by atoms with van der Waals surface area (Å²) in [5.74, 6) is -2.60. The number of hydrogen-bond acceptors (Lipinski definition) is 4. The fourth-order valence-corrected chi connectivity index (χ4v) is 3.95. The van der Waals surface area contributed by atoms with E-state index in [1.54, 1.807) is 6.08 Å². The minimum atomic E-state index is -0.883. The zero-order valence-corrected chi connectivity index (χ0v) is 18.6. The molecule has 2 atom stereocenters. The number of allylic oxidation sites excluding steroid dienone is 3. The number of ketones is 2. The number of amides is 1. The van der Waals surface area contributed by atoms with Crippen LogP contribution in [0, 0.1) is 19.8 Å². The molecule has 1 N–H and O–H groups in total. The summed E-state index contributed by atoms with van der Waals surface area (Å²) in [5.41, 5.74) is 4.68. The third-order valence-electron chi connectivity index (χ3n) is 5.21. The largest absolute Gasteiger partial charge is 0.353 e. The van der Waals surface area contributed by atoms with Gasteiger partial charge in [-0.05, 0) is 68.5 Å². The third-order valence-corrected chi connectivity index (χ3v) is 5.39. The maximum Gasteiger partial charge on any atom is 0.220 e. The topological polar surface area (TPSA) is 75.6 Å². The number of hydrogen-bond donors (Lipinski definition) is 1. The molecule has 0 heterocycles. The Morgan fingerprint density at radius 3 is 2.48 bits per heavy atom. The Hall–Kier alpha value is -2.86. The summed E-state index contributed by atoms with van der Waals surface area (Å²) < 4.78 is 13.1. The summed E-state index contributed by atoms with van der Waals surface area (Å²) in [7, 11) is 0. The van der Waals surface area contributed by atoms with Crippen LogP contribution >= 0.6 is 11.6 Å². The van der Waals surface area contributed by atoms with E-state index in [4.69, 9.17) is 11.6 Å². The minimum Gasteiger partial charge on any atom is -0.353 e. The molecule has 1 aliphatic carbocycles. The van der Waals surface area contributed by atoms with Gasteiger partial charge in [-0.25, -0.2) is 4.39 Å². The van der Waals surface area contributed by atoms with E-state index in [0.717, 1.165) is 11.1 Å². The SMILES string of the molecule is C=N/C(=C\C=C(/C)F)c1cc(C)c(C2C(=O)CC(CC(=O)NC/C=C/Cl)C2=O)c(C)c1. The summed E-state index contributed by atoms with van der Waals surface area (Å²) in [6.07, 6.45) is 4.41. The first-order valence-corrected chi connectivity index (χ1v) is 10.3. The van der Waals surface area contributed by atoms with Gasteiger partial charge in [0.1, 0.15) is 11.7 Å². The second-order valence-electron chi connectivity index (χ2n) is 7.56. The van der Waals surface area contributed by atoms with E-state index in [1.165, 1.54) is 24.6 Å². The van der Waals surface area contributed by atoms with Crippen LogP contribution in [0.2, 0.25) is 0 Å². The van der Waals surface area contributed by atoms with Crippen molar-refractivity contribution < 1.29 is 18.8 Å². The molecular weight excluding hydrogens is 419 g/mol. The molecule has 0 aromatic heterocycles. The fourth-order valence-electron chi connectivity index (χ4n) is 3.86. The van der Waals surface area contributed by atoms with Gasteiger partial charge in [0.05, 0.1) is 11.5 Å². The van der Waals surface area contributed by atoms with E-state index in [2.05, 4.69) is 17.0 Å². The smallest absolute Gasteiger partial charge is 0.220 e. The molecule has 1 fully saturated rings. The van der Waals surface area contributed by atoms with E-state index in [9.17, 15) is 18.8 Å². The van der Waals surface area contributed by atoms with Crippen molar-refractivity contribution >= 4 is 41.5 Å². The Kier molecular flexibility index (Phi) is 8.63. The number of aliphatic imine (C=N–C) groups is 1. The standard InChI is InChI=1S/C24H26ClFN2O3/c1-14-10-17(19(27-4)7-6-16(3)26)11-15(2)22(14)23-20(29)12-18(24(23)31)13-21(30)28-9-5-8-25/h5-8,10-11,18,23H,4,9,12-13H2,1-3H3,(H,28,30)/b8-5+,16-6+,19-7-. The number of Topliss-reactive ketones (excluding diaryl/α,β-unsaturated/α-hetero) is 2. The molecule has 1 amide bonds. The zero-order chi connectivity index (χ0) is 23.1. The van der Waals surface area contributed by atoms with Crippen LogP contribution < -0.4 is 5.32 Å². The Balaban J connectivity index is 2.30. The van der Waals surface area contributed by atoms with Gasteiger partial charge in [0, 0.05) is 36.4 Å². The second-order valence-corrected chi connectivity index (χ2v) is 7.81. The van der Waals surface area contributed by atoms with Crippen molar-refractivity contribution in [3.8, 4) is 0 Å². The van der Waals surface area contributed by atoms with Gasteiger partial charge in [-0.3, -0.25) is 19.4 Å². The minimum absolute atomic E-state index is 0.0322. The number of rotatable bonds is 8. The molecule has 7 heteroatoms. The van der Waals surface area contributed by atoms with Gasteiger partial charge in [0.25, 0.3) is 0 Å². The maximum atomic E-state index is 13.1. The van der Waals surface area contributed by atoms with Gasteiger partial charge in [-0.1, -0.05) is 17.7 Å². The predicted molar refractivity (Wildman–Crippen MR) is 122 cm³/mol. The van der Waals surface area contributed by atoms with E-state index in [0.29, 0.717) is 16.8 Å². The molecule has 1 aliphatic rings. The fraction of sp³-hybridized carbons (Fsp3) is 0.333. The molecule has 1 aromatic carbocycles. The molecule has 0 radical (unpaired) electrons. The lowest BCUT2D eigenvalue weighted by Gasteiger charge is -2.17. The predicted octanol–water partition coefficient (Wildman–Crippen LogP) is 4.72. The van der Waals surface area contributed by atoms with Crippen molar-refractivity contribution in [2.24, 2.45) is 10.9 Å². The van der Waals surface area contributed by atoms with Crippen LogP contribution in [0.1, 0.15) is 47.9 Å². The van der Waals surface area contributed by atoms with Crippen LogP contribution in [0.25, 0.3) is 5.70 Å². The lowest BCUT2D eigenvalue weighted by Crippen LogP contribution is -2.27. The first kappa shape index (κ1) is 24.4. The van der Waals surface area contributed by atoms with Gasteiger partial charge in [-0.2, -0.15) is 0 Å². The molecule has 0 saturated heterocycles. The molecule has 1 saturated carbocycles. The van der Waals surface area contributed by atoms with Crippen molar-refractivity contribution in [3.05, 3.63) is 64.0 Å². The van der Waals surface area contributed by atoms with Crippen molar-refractivity contribution in [1.82, 2.24) is 5.32 Å². The lowest BCUT2D eigenvalue weighted by atomic mass is 9.85. The maximum absolute atomic E-state index is 13.1. The van der Waals surface area contributed by atoms with Crippen LogP contribution in [0.15, 0.2) is 46.7 Å². The van der Waals surface area contributed by atoms with Crippen LogP contribution in [-0.2, 0) is 14.4 Å². The molecule has 0 spiro atoms. The quantitative estimate of drug-likeness (QED) is 0.358. The summed E-state index contributed by atoms with van der Waals surface area (Å²) in [4.78, 5) is 41.8. The normalized spacial score (nSPS) is 19.9. The molecule has 164 valence electrons. The van der Waals surface area contributed by atoms with Crippen molar-refractivity contribution in [2.45, 2.75) is 39.5 Å². The number of carbonyl (C=O) groups excluding carboxylic acids is 3. The molecule has 2 unspecified atom stereocenters. The Morgan fingerprint density at radius 1 is 1.29 bits per heavy atom. The van der Waals surface area contributed by atoms with Gasteiger partial charge in [0.2, 0.25) is 5.91 Å². The molecule has 31 heavy (non-hydrogen) atoms. The van der Waals surface area contributed by atoms with Crippen LogP contribution in [0.5, 0.6) is 0 Å². The number of nitrogens with zero attached hydrogens (tertiary/aromatic N) is 1. The first-order valence-electron chi connectivity index (χ1n) is 9.90. The van der Waals surface area contributed by atoms with Gasteiger partial charge in [0.15, 0.2) is 5.78 Å². The molecule has 0 aliphatic heterocycles. The van der Waals surface area contributed by atoms with E-state index >= 15 is 0 Å². The summed E-state index contributed by atoms with van der Waals surface area (Å²) in [5, 5.41) is 2.64. The monoisotopic (exact) mass is 444 g/mol. The van der Waals surface area contributed by atoms with Crippen LogP contribution in [-0.4, -0.2) is 30.7 Å². The van der Waals surface area contributed by atoms with Crippen molar-refractivity contribution in [3.63, 3.8) is 0 Å². The highest BCUT2D eigenvalue weighted by molar-refractivity contribution is 6.25. The van der Waals surface area contributed by atoms with Crippen molar-refractivity contribution in [1.29, 1.82) is 0 Å². The van der Waals surface area contributed by atoms with Gasteiger partial charge in [-0.15, -0.1) is 0 Å². The Labute approximate surface area is 186 Å². The highest BCUT2D eigenvalue weighted by Gasteiger charge is 2.43. The van der Waals surface area contributed by atoms with Gasteiger partial charge < -0.3 is 5.32 Å². The summed E-state index contributed by atoms with van der Waals surface area (Å²) >= 11 is 5.42. The van der Waals surface area contributed by atoms with E-state index in [1.807, 2.05) is 26.0 Å². The number of nitrogens with one attached hydrogen (secondary N) is 1. The van der Waals surface area contributed by atoms with Crippen LogP contribution in [0.4, 0.5) is 4.39 Å². The number of benzene rings is 1. The average Bonchev–Trinajstić information content (AvgIpc) is 2.95. The lowest BCUT2D eigenvalue weighted by molar-refractivity contribution is -0.128. The van der Waals surface area contributed by atoms with Crippen LogP contribution in [0.3, 0.4) is 0 Å². The summed E-state index contributed by atoms with van der Waals surface area (Å²) in [6, 6.07) is 3.62. The number of aryl methyl sites for hydroxylation is 2. The van der Waals surface area contributed by atoms with E-state index in [-0.39, 0.29) is 42.7 Å². The summed E-state index contributed by atoms with van der Waals surface area (Å²) in [6.45, 7) is 8.78. The molecule has 5 nitrogen and oxygen atoms in total. The van der Waals surface area contributed by atoms with Gasteiger partial charge >= 0.3 is 0 Å². The first-order chi connectivity index (χ1) is 14.7. The zero-order valence-electron chi connectivity index (χ0n) is 17.9. The Bertz CT molecular complexity index is 968. The molecule has 1 aromatic rings. The highest BCUT2D eigenvalue weighted by Crippen LogP contribution is 2.38. The molecular formula is C24H26ClFN2O3.